The third-order valence-electron chi connectivity index (χ3n) is 9.47. The number of carbonyl (C=O) groups is 3. The van der Waals surface area contributed by atoms with E-state index in [1.165, 1.54) is 116 Å². The van der Waals surface area contributed by atoms with Crippen LogP contribution in [0.2, 0.25) is 0 Å². The van der Waals surface area contributed by atoms with Crippen LogP contribution in [0, 0.1) is 11.8 Å². The van der Waals surface area contributed by atoms with Crippen LogP contribution in [0.4, 0.5) is 0 Å². The van der Waals surface area contributed by atoms with Gasteiger partial charge in [0.25, 0.3) is 0 Å². The van der Waals surface area contributed by atoms with Gasteiger partial charge in [0, 0.05) is 19.3 Å². The summed E-state index contributed by atoms with van der Waals surface area (Å²) in [6.45, 7) is 11.2. The van der Waals surface area contributed by atoms with Crippen LogP contribution in [0.1, 0.15) is 227 Å². The first-order valence-electron chi connectivity index (χ1n) is 21.2. The maximum Gasteiger partial charge on any atom is 0.306 e. The fourth-order valence-corrected chi connectivity index (χ4v) is 6.22. The van der Waals surface area contributed by atoms with Gasteiger partial charge < -0.3 is 14.2 Å². The van der Waals surface area contributed by atoms with Gasteiger partial charge in [-0.25, -0.2) is 0 Å². The minimum atomic E-state index is -0.759. The number of rotatable bonds is 37. The van der Waals surface area contributed by atoms with Crippen LogP contribution in [0.25, 0.3) is 0 Å². The second-order valence-electron chi connectivity index (χ2n) is 15.6. The Kier molecular flexibility index (Phi) is 35.0. The zero-order chi connectivity index (χ0) is 36.2. The van der Waals surface area contributed by atoms with E-state index in [-0.39, 0.29) is 31.1 Å². The quantitative estimate of drug-likeness (QED) is 0.0366. The molecule has 0 aliphatic heterocycles. The van der Waals surface area contributed by atoms with Crippen LogP contribution in [0.3, 0.4) is 0 Å². The van der Waals surface area contributed by atoms with Crippen molar-refractivity contribution in [3.8, 4) is 0 Å². The second-order valence-corrected chi connectivity index (χ2v) is 15.6. The molecule has 6 nitrogen and oxygen atoms in total. The second kappa shape index (κ2) is 36.2. The lowest BCUT2D eigenvalue weighted by atomic mass is 10.0. The lowest BCUT2D eigenvalue weighted by Gasteiger charge is -2.18. The van der Waals surface area contributed by atoms with Gasteiger partial charge in [0.05, 0.1) is 0 Å². The molecule has 1 atom stereocenters. The van der Waals surface area contributed by atoms with Gasteiger partial charge in [-0.3, -0.25) is 14.4 Å². The van der Waals surface area contributed by atoms with Gasteiger partial charge in [-0.05, 0) is 31.1 Å². The van der Waals surface area contributed by atoms with Crippen molar-refractivity contribution in [3.05, 3.63) is 0 Å². The van der Waals surface area contributed by atoms with Crippen LogP contribution < -0.4 is 0 Å². The maximum absolute atomic E-state index is 12.7. The highest BCUT2D eigenvalue weighted by molar-refractivity contribution is 5.71. The molecule has 0 aromatic rings. The topological polar surface area (TPSA) is 78.9 Å². The van der Waals surface area contributed by atoms with Crippen LogP contribution in [0.15, 0.2) is 0 Å². The van der Waals surface area contributed by atoms with Gasteiger partial charge in [-0.15, -0.1) is 0 Å². The molecule has 290 valence electrons. The summed E-state index contributed by atoms with van der Waals surface area (Å²) in [5, 5.41) is 0. The predicted molar refractivity (Wildman–Crippen MR) is 206 cm³/mol. The minimum Gasteiger partial charge on any atom is -0.462 e. The summed E-state index contributed by atoms with van der Waals surface area (Å²) in [5.74, 6) is 0.711. The molecule has 0 aromatic carbocycles. The molecule has 0 aliphatic carbocycles. The van der Waals surface area contributed by atoms with Crippen molar-refractivity contribution < 1.29 is 28.6 Å². The average Bonchev–Trinajstić information content (AvgIpc) is 3.06. The monoisotopic (exact) mass is 695 g/mol. The standard InChI is InChI=1S/C43H82O6/c1-6-7-8-9-10-13-17-23-28-33-41(44)47-36-40(37-48-42(45)34-29-24-20-19-22-27-32-39(4)5)49-43(46)35-30-25-18-15-12-11-14-16-21-26-31-38(2)3/h38-40H,6-37H2,1-5H3/t40-/m0/s1. The molecule has 0 aromatic heterocycles. The van der Waals surface area contributed by atoms with E-state index in [1.807, 2.05) is 0 Å². The summed E-state index contributed by atoms with van der Waals surface area (Å²) in [6, 6.07) is 0. The number of ether oxygens (including phenoxy) is 3. The number of hydrogen-bond acceptors (Lipinski definition) is 6. The van der Waals surface area contributed by atoms with Gasteiger partial charge in [0.1, 0.15) is 13.2 Å². The minimum absolute atomic E-state index is 0.0663. The average molecular weight is 695 g/mol. The van der Waals surface area contributed by atoms with Gasteiger partial charge in [0.15, 0.2) is 6.10 Å². The molecule has 0 radical (unpaired) electrons. The number of unbranched alkanes of at least 4 members (excludes halogenated alkanes) is 22. The number of carbonyl (C=O) groups excluding carboxylic acids is 3. The summed E-state index contributed by atoms with van der Waals surface area (Å²) in [4.78, 5) is 37.5. The predicted octanol–water partition coefficient (Wildman–Crippen LogP) is 13.0. The van der Waals surface area contributed by atoms with Gasteiger partial charge >= 0.3 is 17.9 Å². The Labute approximate surface area is 304 Å². The smallest absolute Gasteiger partial charge is 0.306 e. The van der Waals surface area contributed by atoms with E-state index in [2.05, 4.69) is 34.6 Å². The van der Waals surface area contributed by atoms with Crippen molar-refractivity contribution >= 4 is 17.9 Å². The SMILES string of the molecule is CCCCCCCCCCCC(=O)OC[C@@H](COC(=O)CCCCCCCCC(C)C)OC(=O)CCCCCCCCCCCCC(C)C. The van der Waals surface area contributed by atoms with Crippen molar-refractivity contribution in [2.75, 3.05) is 13.2 Å². The zero-order valence-corrected chi connectivity index (χ0v) is 33.3. The van der Waals surface area contributed by atoms with Crippen molar-refractivity contribution in [3.63, 3.8) is 0 Å². The third kappa shape index (κ3) is 37.5. The molecular weight excluding hydrogens is 612 g/mol. The Balaban J connectivity index is 4.34. The molecule has 0 saturated heterocycles. The van der Waals surface area contributed by atoms with E-state index < -0.39 is 6.10 Å². The molecule has 0 fully saturated rings. The summed E-state index contributed by atoms with van der Waals surface area (Å²) in [7, 11) is 0. The molecular formula is C43H82O6. The Morgan fingerprint density at radius 1 is 0.388 bits per heavy atom. The van der Waals surface area contributed by atoms with E-state index in [1.54, 1.807) is 0 Å². The van der Waals surface area contributed by atoms with Crippen LogP contribution in [-0.2, 0) is 28.6 Å². The first-order chi connectivity index (χ1) is 23.7. The lowest BCUT2D eigenvalue weighted by Crippen LogP contribution is -2.30. The molecule has 0 spiro atoms. The largest absolute Gasteiger partial charge is 0.462 e. The molecule has 0 unspecified atom stereocenters. The number of hydrogen-bond donors (Lipinski definition) is 0. The van der Waals surface area contributed by atoms with E-state index >= 15 is 0 Å². The van der Waals surface area contributed by atoms with Crippen molar-refractivity contribution in [2.45, 2.75) is 233 Å². The van der Waals surface area contributed by atoms with Gasteiger partial charge in [-0.1, -0.05) is 189 Å². The first kappa shape index (κ1) is 47.4. The normalized spacial score (nSPS) is 12.1. The maximum atomic E-state index is 12.7. The summed E-state index contributed by atoms with van der Waals surface area (Å²) < 4.78 is 16.6. The van der Waals surface area contributed by atoms with Gasteiger partial charge in [-0.2, -0.15) is 0 Å². The Morgan fingerprint density at radius 3 is 1.00 bits per heavy atom. The summed E-state index contributed by atoms with van der Waals surface area (Å²) in [5.41, 5.74) is 0. The molecule has 0 amide bonds. The van der Waals surface area contributed by atoms with E-state index in [0.29, 0.717) is 19.3 Å². The fraction of sp³-hybridized carbons (Fsp3) is 0.930. The fourth-order valence-electron chi connectivity index (χ4n) is 6.22. The summed E-state index contributed by atoms with van der Waals surface area (Å²) in [6.07, 6.45) is 32.4. The van der Waals surface area contributed by atoms with Crippen molar-refractivity contribution in [1.82, 2.24) is 0 Å². The van der Waals surface area contributed by atoms with E-state index in [0.717, 1.165) is 69.6 Å². The highest BCUT2D eigenvalue weighted by Gasteiger charge is 2.19. The third-order valence-corrected chi connectivity index (χ3v) is 9.47. The molecule has 0 heterocycles. The van der Waals surface area contributed by atoms with Crippen molar-refractivity contribution in [2.24, 2.45) is 11.8 Å². The zero-order valence-electron chi connectivity index (χ0n) is 33.3. The van der Waals surface area contributed by atoms with Crippen molar-refractivity contribution in [1.29, 1.82) is 0 Å². The van der Waals surface area contributed by atoms with Crippen LogP contribution in [0.5, 0.6) is 0 Å². The molecule has 0 bridgehead atoms. The first-order valence-corrected chi connectivity index (χ1v) is 21.2. The Morgan fingerprint density at radius 2 is 0.673 bits per heavy atom. The highest BCUT2D eigenvalue weighted by atomic mass is 16.6. The summed E-state index contributed by atoms with van der Waals surface area (Å²) >= 11 is 0. The van der Waals surface area contributed by atoms with Crippen LogP contribution in [-0.4, -0.2) is 37.2 Å². The van der Waals surface area contributed by atoms with E-state index in [4.69, 9.17) is 14.2 Å². The molecule has 0 saturated carbocycles. The molecule has 0 rings (SSSR count). The molecule has 6 heteroatoms. The Hall–Kier alpha value is -1.59. The molecule has 0 aliphatic rings. The van der Waals surface area contributed by atoms with Crippen LogP contribution >= 0.6 is 0 Å². The van der Waals surface area contributed by atoms with Gasteiger partial charge in [0.2, 0.25) is 0 Å². The Bertz CT molecular complexity index is 749. The lowest BCUT2D eigenvalue weighted by molar-refractivity contribution is -0.167. The van der Waals surface area contributed by atoms with E-state index in [9.17, 15) is 14.4 Å². The molecule has 0 N–H and O–H groups in total. The number of esters is 3. The molecule has 49 heavy (non-hydrogen) atoms. The highest BCUT2D eigenvalue weighted by Crippen LogP contribution is 2.16.